The van der Waals surface area contributed by atoms with E-state index in [1.54, 1.807) is 13.8 Å². The molecule has 2 N–H and O–H groups in total. The summed E-state index contributed by atoms with van der Waals surface area (Å²) in [6.45, 7) is 3.47. The molecule has 4 nitrogen and oxygen atoms in total. The third-order valence-corrected chi connectivity index (χ3v) is 3.76. The van der Waals surface area contributed by atoms with Crippen molar-refractivity contribution in [2.45, 2.75) is 26.1 Å². The first-order chi connectivity index (χ1) is 11.2. The first-order valence-electron chi connectivity index (χ1n) is 7.31. The Balaban J connectivity index is 2.39. The van der Waals surface area contributed by atoms with Crippen LogP contribution in [0.25, 0.3) is 22.2 Å². The normalized spacial score (nSPS) is 12.2. The van der Waals surface area contributed by atoms with Gasteiger partial charge in [-0.1, -0.05) is 12.1 Å². The Morgan fingerprint density at radius 3 is 2.38 bits per heavy atom. The molecule has 7 heteroatoms. The molecule has 0 aliphatic carbocycles. The van der Waals surface area contributed by atoms with Crippen LogP contribution in [0.3, 0.4) is 0 Å². The van der Waals surface area contributed by atoms with Crippen LogP contribution in [0.4, 0.5) is 13.2 Å². The van der Waals surface area contributed by atoms with Crippen LogP contribution >= 0.6 is 0 Å². The molecule has 1 aromatic heterocycles. The Hall–Kier alpha value is -2.70. The molecule has 0 aliphatic heterocycles. The zero-order valence-corrected chi connectivity index (χ0v) is 13.0. The van der Waals surface area contributed by atoms with Gasteiger partial charge in [0.2, 0.25) is 0 Å². The molecule has 0 bridgehead atoms. The van der Waals surface area contributed by atoms with Gasteiger partial charge in [-0.25, -0.2) is 0 Å². The predicted molar refractivity (Wildman–Crippen MR) is 83.9 cm³/mol. The second-order valence-electron chi connectivity index (χ2n) is 5.79. The van der Waals surface area contributed by atoms with Crippen LogP contribution in [0.15, 0.2) is 36.4 Å². The van der Waals surface area contributed by atoms with Gasteiger partial charge in [0.05, 0.1) is 11.1 Å². The van der Waals surface area contributed by atoms with Crippen LogP contribution in [0.2, 0.25) is 0 Å². The van der Waals surface area contributed by atoms with E-state index in [0.717, 1.165) is 12.1 Å². The number of hydrogen-bond acceptors (Lipinski definition) is 3. The lowest BCUT2D eigenvalue weighted by atomic mass is 10.0. The second-order valence-corrected chi connectivity index (χ2v) is 5.79. The zero-order chi connectivity index (χ0) is 17.6. The predicted octanol–water partition coefficient (Wildman–Crippen LogP) is 4.71. The van der Waals surface area contributed by atoms with Crippen molar-refractivity contribution in [3.63, 3.8) is 0 Å². The van der Waals surface area contributed by atoms with Gasteiger partial charge in [-0.2, -0.15) is 18.3 Å². The molecule has 3 aromatic rings. The molecule has 0 spiro atoms. The van der Waals surface area contributed by atoms with Crippen molar-refractivity contribution in [1.29, 1.82) is 0 Å². The molecule has 0 unspecified atom stereocenters. The SMILES string of the molecule is CC(C)n1nc(-c2ccc(O)cc2O)c2cccc(C(F)(F)F)c21. The van der Waals surface area contributed by atoms with Gasteiger partial charge in [-0.15, -0.1) is 0 Å². The zero-order valence-electron chi connectivity index (χ0n) is 13.0. The van der Waals surface area contributed by atoms with E-state index < -0.39 is 11.7 Å². The highest BCUT2D eigenvalue weighted by atomic mass is 19.4. The molecule has 1 heterocycles. The van der Waals surface area contributed by atoms with Gasteiger partial charge in [0.1, 0.15) is 17.2 Å². The molecule has 0 fully saturated rings. The Morgan fingerprint density at radius 2 is 1.79 bits per heavy atom. The molecule has 24 heavy (non-hydrogen) atoms. The fraction of sp³-hybridized carbons (Fsp3) is 0.235. The molecule has 0 amide bonds. The summed E-state index contributed by atoms with van der Waals surface area (Å²) in [7, 11) is 0. The quantitative estimate of drug-likeness (QED) is 0.712. The highest BCUT2D eigenvalue weighted by Crippen LogP contribution is 2.41. The summed E-state index contributed by atoms with van der Waals surface area (Å²) in [5, 5.41) is 24.0. The molecular formula is C17H15F3N2O2. The van der Waals surface area contributed by atoms with E-state index in [-0.39, 0.29) is 34.3 Å². The van der Waals surface area contributed by atoms with E-state index in [4.69, 9.17) is 0 Å². The van der Waals surface area contributed by atoms with E-state index in [1.165, 1.54) is 28.9 Å². The maximum absolute atomic E-state index is 13.4. The molecule has 126 valence electrons. The Labute approximate surface area is 135 Å². The number of alkyl halides is 3. The van der Waals surface area contributed by atoms with Crippen molar-refractivity contribution in [3.8, 4) is 22.8 Å². The van der Waals surface area contributed by atoms with Crippen molar-refractivity contribution in [3.05, 3.63) is 42.0 Å². The van der Waals surface area contributed by atoms with Crippen molar-refractivity contribution < 1.29 is 23.4 Å². The highest BCUT2D eigenvalue weighted by Gasteiger charge is 2.35. The van der Waals surface area contributed by atoms with Crippen molar-refractivity contribution >= 4 is 10.9 Å². The number of rotatable bonds is 2. The number of aromatic hydroxyl groups is 2. The maximum atomic E-state index is 13.4. The summed E-state index contributed by atoms with van der Waals surface area (Å²) < 4.78 is 41.5. The Morgan fingerprint density at radius 1 is 1.08 bits per heavy atom. The van der Waals surface area contributed by atoms with Crippen LogP contribution in [0.5, 0.6) is 11.5 Å². The van der Waals surface area contributed by atoms with Gasteiger partial charge in [-0.05, 0) is 32.0 Å². The number of nitrogens with zero attached hydrogens (tertiary/aromatic N) is 2. The van der Waals surface area contributed by atoms with Crippen molar-refractivity contribution in [1.82, 2.24) is 9.78 Å². The van der Waals surface area contributed by atoms with Crippen molar-refractivity contribution in [2.24, 2.45) is 0 Å². The van der Waals surface area contributed by atoms with E-state index >= 15 is 0 Å². The molecule has 0 atom stereocenters. The lowest BCUT2D eigenvalue weighted by molar-refractivity contribution is -0.136. The second kappa shape index (κ2) is 5.43. The number of halogens is 3. The molecule has 2 aromatic carbocycles. The topological polar surface area (TPSA) is 58.3 Å². The molecule has 3 rings (SSSR count). The lowest BCUT2D eigenvalue weighted by Gasteiger charge is -2.12. The van der Waals surface area contributed by atoms with Crippen LogP contribution in [-0.2, 0) is 6.18 Å². The number of phenols is 2. The summed E-state index contributed by atoms with van der Waals surface area (Å²) >= 11 is 0. The van der Waals surface area contributed by atoms with Crippen LogP contribution in [0.1, 0.15) is 25.5 Å². The molecule has 0 saturated carbocycles. The number of para-hydroxylation sites is 1. The van der Waals surface area contributed by atoms with Gasteiger partial charge in [-0.3, -0.25) is 4.68 Å². The minimum Gasteiger partial charge on any atom is -0.508 e. The molecular weight excluding hydrogens is 321 g/mol. The average Bonchev–Trinajstić information content (AvgIpc) is 2.86. The monoisotopic (exact) mass is 336 g/mol. The average molecular weight is 336 g/mol. The smallest absolute Gasteiger partial charge is 0.418 e. The molecule has 0 aliphatic rings. The summed E-state index contributed by atoms with van der Waals surface area (Å²) in [5.41, 5.74) is -0.299. The summed E-state index contributed by atoms with van der Waals surface area (Å²) in [4.78, 5) is 0. The van der Waals surface area contributed by atoms with E-state index in [0.29, 0.717) is 5.39 Å². The summed E-state index contributed by atoms with van der Waals surface area (Å²) in [6.07, 6.45) is -4.51. The van der Waals surface area contributed by atoms with Crippen molar-refractivity contribution in [2.75, 3.05) is 0 Å². The Bertz CT molecular complexity index is 914. The third-order valence-electron chi connectivity index (χ3n) is 3.76. The lowest BCUT2D eigenvalue weighted by Crippen LogP contribution is -2.10. The first kappa shape index (κ1) is 16.2. The summed E-state index contributed by atoms with van der Waals surface area (Å²) in [6, 6.07) is 7.48. The fourth-order valence-corrected chi connectivity index (χ4v) is 2.71. The third kappa shape index (κ3) is 2.55. The number of aromatic nitrogens is 2. The summed E-state index contributed by atoms with van der Waals surface area (Å²) in [5.74, 6) is -0.387. The van der Waals surface area contributed by atoms with Gasteiger partial charge in [0.15, 0.2) is 0 Å². The van der Waals surface area contributed by atoms with Gasteiger partial charge in [0, 0.05) is 23.1 Å². The number of benzene rings is 2. The molecule has 0 radical (unpaired) electrons. The van der Waals surface area contributed by atoms with Gasteiger partial charge in [0.25, 0.3) is 0 Å². The van der Waals surface area contributed by atoms with E-state index in [2.05, 4.69) is 5.10 Å². The van der Waals surface area contributed by atoms with Crippen LogP contribution in [-0.4, -0.2) is 20.0 Å². The minimum atomic E-state index is -4.51. The minimum absolute atomic E-state index is 0.0255. The number of phenolic OH excluding ortho intramolecular Hbond substituents is 2. The number of fused-ring (bicyclic) bond motifs is 1. The first-order valence-corrected chi connectivity index (χ1v) is 7.31. The Kier molecular flexibility index (Phi) is 3.66. The number of hydrogen-bond donors (Lipinski definition) is 2. The maximum Gasteiger partial charge on any atom is 0.418 e. The standard InChI is InChI=1S/C17H15F3N2O2/c1-9(2)22-16-12(4-3-5-13(16)17(18,19)20)15(21-22)11-7-6-10(23)8-14(11)24/h3-9,23-24H,1-2H3. The van der Waals surface area contributed by atoms with Gasteiger partial charge < -0.3 is 10.2 Å². The van der Waals surface area contributed by atoms with Crippen LogP contribution in [0, 0.1) is 0 Å². The van der Waals surface area contributed by atoms with Crippen LogP contribution < -0.4 is 0 Å². The van der Waals surface area contributed by atoms with E-state index in [1.807, 2.05) is 0 Å². The largest absolute Gasteiger partial charge is 0.508 e. The van der Waals surface area contributed by atoms with Gasteiger partial charge >= 0.3 is 6.18 Å². The highest BCUT2D eigenvalue weighted by molar-refractivity contribution is 5.96. The fourth-order valence-electron chi connectivity index (χ4n) is 2.71. The molecule has 0 saturated heterocycles. The van der Waals surface area contributed by atoms with E-state index in [9.17, 15) is 23.4 Å².